The van der Waals surface area contributed by atoms with E-state index in [4.69, 9.17) is 5.11 Å². The van der Waals surface area contributed by atoms with Crippen LogP contribution >= 0.6 is 0 Å². The minimum absolute atomic E-state index is 0.306. The van der Waals surface area contributed by atoms with Gasteiger partial charge in [-0.3, -0.25) is 4.79 Å². The minimum Gasteiger partial charge on any atom is -0.481 e. The van der Waals surface area contributed by atoms with Gasteiger partial charge in [-0.05, 0) is 39.8 Å². The predicted molar refractivity (Wildman–Crippen MR) is 47.0 cm³/mol. The van der Waals surface area contributed by atoms with Crippen molar-refractivity contribution in [2.45, 2.75) is 20.3 Å². The lowest BCUT2D eigenvalue weighted by Crippen LogP contribution is -2.34. The highest BCUT2D eigenvalue weighted by molar-refractivity contribution is 5.74. The fourth-order valence-electron chi connectivity index (χ4n) is 1.70. The van der Waals surface area contributed by atoms with E-state index in [1.165, 1.54) is 0 Å². The van der Waals surface area contributed by atoms with E-state index in [0.717, 1.165) is 19.5 Å². The Morgan fingerprint density at radius 2 is 2.17 bits per heavy atom. The van der Waals surface area contributed by atoms with Crippen LogP contribution in [0.4, 0.5) is 0 Å². The van der Waals surface area contributed by atoms with Gasteiger partial charge >= 0.3 is 5.97 Å². The largest absolute Gasteiger partial charge is 0.481 e. The topological polar surface area (TPSA) is 40.5 Å². The third-order valence-electron chi connectivity index (χ3n) is 2.96. The lowest BCUT2D eigenvalue weighted by Gasteiger charge is -2.26. The van der Waals surface area contributed by atoms with Crippen molar-refractivity contribution in [3.05, 3.63) is 0 Å². The summed E-state index contributed by atoms with van der Waals surface area (Å²) in [6.07, 6.45) is 1.01. The van der Waals surface area contributed by atoms with Crippen LogP contribution in [0.5, 0.6) is 0 Å². The molecule has 1 saturated heterocycles. The molecular formula is C9H17NO2. The Kier molecular flexibility index (Phi) is 2.42. The van der Waals surface area contributed by atoms with Gasteiger partial charge in [0.15, 0.2) is 0 Å². The highest BCUT2D eigenvalue weighted by Crippen LogP contribution is 2.33. The van der Waals surface area contributed by atoms with Crippen LogP contribution in [-0.2, 0) is 4.79 Å². The van der Waals surface area contributed by atoms with Crippen molar-refractivity contribution in [2.75, 3.05) is 20.1 Å². The molecule has 1 aliphatic heterocycles. The molecule has 0 aromatic heterocycles. The molecule has 3 nitrogen and oxygen atoms in total. The van der Waals surface area contributed by atoms with Crippen LogP contribution in [0.3, 0.4) is 0 Å². The number of carboxylic acid groups (broad SMARTS) is 1. The molecule has 1 fully saturated rings. The molecule has 12 heavy (non-hydrogen) atoms. The summed E-state index contributed by atoms with van der Waals surface area (Å²) in [6.45, 7) is 5.58. The number of likely N-dealkylation sites (tertiary alicyclic amines) is 1. The quantitative estimate of drug-likeness (QED) is 0.675. The van der Waals surface area contributed by atoms with E-state index in [9.17, 15) is 4.79 Å². The van der Waals surface area contributed by atoms with Gasteiger partial charge in [-0.15, -0.1) is 0 Å². The molecule has 1 N–H and O–H groups in total. The number of aliphatic carboxylic acids is 1. The van der Waals surface area contributed by atoms with Gasteiger partial charge in [0.05, 0.1) is 5.41 Å². The smallest absolute Gasteiger partial charge is 0.309 e. The van der Waals surface area contributed by atoms with Crippen LogP contribution < -0.4 is 0 Å². The molecule has 0 amide bonds. The fourth-order valence-corrected chi connectivity index (χ4v) is 1.70. The lowest BCUT2D eigenvalue weighted by atomic mass is 9.78. The van der Waals surface area contributed by atoms with E-state index >= 15 is 0 Å². The SMILES string of the molecule is CN1CCC(C(C)(C)C(=O)O)C1. The van der Waals surface area contributed by atoms with Crippen LogP contribution in [0.1, 0.15) is 20.3 Å². The first kappa shape index (κ1) is 9.52. The molecule has 0 aromatic carbocycles. The second-order valence-corrected chi connectivity index (χ2v) is 4.27. The molecule has 0 bridgehead atoms. The maximum atomic E-state index is 10.9. The molecule has 1 rings (SSSR count). The van der Waals surface area contributed by atoms with Crippen LogP contribution in [0.15, 0.2) is 0 Å². The third-order valence-corrected chi connectivity index (χ3v) is 2.96. The number of carboxylic acids is 1. The van der Waals surface area contributed by atoms with Gasteiger partial charge < -0.3 is 10.0 Å². The third kappa shape index (κ3) is 1.61. The molecule has 0 spiro atoms. The summed E-state index contributed by atoms with van der Waals surface area (Å²) in [5.41, 5.74) is -0.565. The molecular weight excluding hydrogens is 154 g/mol. The van der Waals surface area contributed by atoms with Crippen LogP contribution in [-0.4, -0.2) is 36.1 Å². The Hall–Kier alpha value is -0.570. The Morgan fingerprint density at radius 3 is 2.50 bits per heavy atom. The van der Waals surface area contributed by atoms with E-state index in [0.29, 0.717) is 5.92 Å². The fraction of sp³-hybridized carbons (Fsp3) is 0.889. The van der Waals surface area contributed by atoms with Gasteiger partial charge in [0.25, 0.3) is 0 Å². The van der Waals surface area contributed by atoms with E-state index in [1.54, 1.807) is 0 Å². The summed E-state index contributed by atoms with van der Waals surface area (Å²) in [6, 6.07) is 0. The molecule has 70 valence electrons. The summed E-state index contributed by atoms with van der Waals surface area (Å²) in [5, 5.41) is 8.97. The summed E-state index contributed by atoms with van der Waals surface area (Å²) < 4.78 is 0. The molecule has 1 aliphatic rings. The van der Waals surface area contributed by atoms with Gasteiger partial charge in [0.2, 0.25) is 0 Å². The Bertz CT molecular complexity index is 189. The standard InChI is InChI=1S/C9H17NO2/c1-9(2,8(11)12)7-4-5-10(3)6-7/h7H,4-6H2,1-3H3,(H,11,12). The van der Waals surface area contributed by atoms with E-state index < -0.39 is 11.4 Å². The first-order valence-electron chi connectivity index (χ1n) is 4.36. The molecule has 3 heteroatoms. The summed E-state index contributed by atoms with van der Waals surface area (Å²) in [4.78, 5) is 13.1. The summed E-state index contributed by atoms with van der Waals surface area (Å²) in [5.74, 6) is -0.372. The monoisotopic (exact) mass is 171 g/mol. The van der Waals surface area contributed by atoms with Crippen molar-refractivity contribution in [2.24, 2.45) is 11.3 Å². The first-order valence-corrected chi connectivity index (χ1v) is 4.36. The van der Waals surface area contributed by atoms with Crippen LogP contribution in [0.25, 0.3) is 0 Å². The Labute approximate surface area is 73.4 Å². The van der Waals surface area contributed by atoms with Crippen molar-refractivity contribution < 1.29 is 9.90 Å². The second-order valence-electron chi connectivity index (χ2n) is 4.27. The van der Waals surface area contributed by atoms with Gasteiger partial charge in [-0.25, -0.2) is 0 Å². The molecule has 1 atom stereocenters. The molecule has 1 heterocycles. The van der Waals surface area contributed by atoms with Gasteiger partial charge in [-0.2, -0.15) is 0 Å². The normalized spacial score (nSPS) is 26.1. The van der Waals surface area contributed by atoms with Gasteiger partial charge in [0, 0.05) is 6.54 Å². The van der Waals surface area contributed by atoms with Crippen molar-refractivity contribution in [3.63, 3.8) is 0 Å². The Balaban J connectivity index is 2.63. The average Bonchev–Trinajstić information content (AvgIpc) is 2.35. The number of hydrogen-bond acceptors (Lipinski definition) is 2. The lowest BCUT2D eigenvalue weighted by molar-refractivity contribution is -0.149. The van der Waals surface area contributed by atoms with Gasteiger partial charge in [0.1, 0.15) is 0 Å². The zero-order valence-corrected chi connectivity index (χ0v) is 8.00. The van der Waals surface area contributed by atoms with Gasteiger partial charge in [-0.1, -0.05) is 0 Å². The minimum atomic E-state index is -0.678. The van der Waals surface area contributed by atoms with Crippen LogP contribution in [0, 0.1) is 11.3 Å². The summed E-state index contributed by atoms with van der Waals surface area (Å²) in [7, 11) is 2.04. The molecule has 1 unspecified atom stereocenters. The van der Waals surface area contributed by atoms with Crippen molar-refractivity contribution in [1.29, 1.82) is 0 Å². The first-order chi connectivity index (χ1) is 5.44. The second kappa shape index (κ2) is 3.05. The van der Waals surface area contributed by atoms with E-state index in [1.807, 2.05) is 20.9 Å². The molecule has 0 aromatic rings. The maximum Gasteiger partial charge on any atom is 0.309 e. The zero-order chi connectivity index (χ0) is 9.35. The summed E-state index contributed by atoms with van der Waals surface area (Å²) >= 11 is 0. The number of rotatable bonds is 2. The molecule has 0 saturated carbocycles. The Morgan fingerprint density at radius 1 is 1.58 bits per heavy atom. The average molecular weight is 171 g/mol. The number of hydrogen-bond donors (Lipinski definition) is 1. The van der Waals surface area contributed by atoms with Crippen molar-refractivity contribution >= 4 is 5.97 Å². The molecule has 0 aliphatic carbocycles. The van der Waals surface area contributed by atoms with Crippen molar-refractivity contribution in [3.8, 4) is 0 Å². The zero-order valence-electron chi connectivity index (χ0n) is 8.00. The number of nitrogens with zero attached hydrogens (tertiary/aromatic N) is 1. The number of carbonyl (C=O) groups is 1. The van der Waals surface area contributed by atoms with E-state index in [-0.39, 0.29) is 0 Å². The highest BCUT2D eigenvalue weighted by atomic mass is 16.4. The van der Waals surface area contributed by atoms with Crippen LogP contribution in [0.2, 0.25) is 0 Å². The molecule has 0 radical (unpaired) electrons. The van der Waals surface area contributed by atoms with E-state index in [2.05, 4.69) is 4.90 Å². The highest BCUT2D eigenvalue weighted by Gasteiger charge is 2.39. The predicted octanol–water partition coefficient (Wildman–Crippen LogP) is 1.05. The van der Waals surface area contributed by atoms with Crippen molar-refractivity contribution in [1.82, 2.24) is 4.90 Å². The maximum absolute atomic E-state index is 10.9.